The fourth-order valence-electron chi connectivity index (χ4n) is 2.14. The summed E-state index contributed by atoms with van der Waals surface area (Å²) in [7, 11) is -2.38. The number of phenols is 1. The molecule has 1 N–H and O–H groups in total. The molecule has 0 bridgehead atoms. The Labute approximate surface area is 130 Å². The Morgan fingerprint density at radius 2 is 1.90 bits per heavy atom. The summed E-state index contributed by atoms with van der Waals surface area (Å²) < 4.78 is 24.7. The lowest BCUT2D eigenvalue weighted by Gasteiger charge is -2.22. The van der Waals surface area contributed by atoms with Crippen LogP contribution in [0, 0.1) is 5.82 Å². The zero-order chi connectivity index (χ0) is 15.9. The number of hydrogen-bond acceptors (Lipinski definition) is 3. The zero-order valence-corrected chi connectivity index (χ0v) is 15.6. The van der Waals surface area contributed by atoms with Gasteiger partial charge in [0.1, 0.15) is 5.75 Å². The molecule has 0 aliphatic carbocycles. The topological polar surface area (TPSA) is 38.7 Å². The van der Waals surface area contributed by atoms with E-state index in [1.807, 2.05) is 0 Å². The van der Waals surface area contributed by atoms with E-state index in [-0.39, 0.29) is 5.75 Å². The van der Waals surface area contributed by atoms with Gasteiger partial charge in [-0.1, -0.05) is 12.8 Å². The molecule has 0 fully saturated rings. The van der Waals surface area contributed by atoms with E-state index in [4.69, 9.17) is 14.0 Å². The summed E-state index contributed by atoms with van der Waals surface area (Å²) in [6.45, 7) is 9.56. The lowest BCUT2D eigenvalue weighted by atomic mass is 10.2. The molecule has 6 heteroatoms. The molecule has 0 saturated carbocycles. The van der Waals surface area contributed by atoms with Gasteiger partial charge in [0.15, 0.2) is 28.9 Å². The van der Waals surface area contributed by atoms with Crippen LogP contribution in [0.15, 0.2) is 18.2 Å². The molecule has 0 heterocycles. The maximum absolute atomic E-state index is 13.1. The Morgan fingerprint density at radius 3 is 2.52 bits per heavy atom. The number of phenolic OH excluding ortho intramolecular Hbond substituents is 1. The second-order valence-electron chi connectivity index (χ2n) is 6.35. The summed E-state index contributed by atoms with van der Waals surface area (Å²) in [6, 6.07) is 5.31. The third-order valence-electron chi connectivity index (χ3n) is 3.00. The summed E-state index contributed by atoms with van der Waals surface area (Å²) >= 11 is 0. The van der Waals surface area contributed by atoms with Gasteiger partial charge in [0.25, 0.3) is 0 Å². The van der Waals surface area contributed by atoms with Gasteiger partial charge in [0, 0.05) is 6.07 Å². The van der Waals surface area contributed by atoms with Crippen molar-refractivity contribution >= 4 is 17.4 Å². The normalized spacial score (nSPS) is 13.2. The number of rotatable bonds is 9. The predicted molar refractivity (Wildman–Crippen MR) is 89.7 cm³/mol. The maximum Gasteiger partial charge on any atom is 0.170 e. The van der Waals surface area contributed by atoms with E-state index in [0.29, 0.717) is 12.4 Å². The van der Waals surface area contributed by atoms with Crippen LogP contribution in [0.3, 0.4) is 0 Å². The minimum atomic E-state index is -1.37. The molecule has 1 atom stereocenters. The smallest absolute Gasteiger partial charge is 0.170 e. The van der Waals surface area contributed by atoms with E-state index in [9.17, 15) is 4.39 Å². The minimum Gasteiger partial charge on any atom is -0.505 e. The van der Waals surface area contributed by atoms with E-state index in [1.54, 1.807) is 6.07 Å². The number of aromatic hydroxyl groups is 1. The first kappa shape index (κ1) is 18.2. The van der Waals surface area contributed by atoms with Crippen LogP contribution >= 0.6 is 0 Å². The number of hydrogen-bond donors (Lipinski definition) is 1. The fraction of sp³-hybridized carbons (Fsp3) is 0.600. The predicted octanol–water partition coefficient (Wildman–Crippen LogP) is 4.29. The lowest BCUT2D eigenvalue weighted by Crippen LogP contribution is -2.32. The monoisotopic (exact) mass is 330 g/mol. The van der Waals surface area contributed by atoms with Crippen LogP contribution < -0.4 is 4.74 Å². The summed E-state index contributed by atoms with van der Waals surface area (Å²) in [5.41, 5.74) is 0. The van der Waals surface area contributed by atoms with E-state index < -0.39 is 23.2 Å². The zero-order valence-electron chi connectivity index (χ0n) is 13.5. The fourth-order valence-corrected chi connectivity index (χ4v) is 8.30. The van der Waals surface area contributed by atoms with Gasteiger partial charge in [0.05, 0.1) is 6.61 Å². The van der Waals surface area contributed by atoms with Crippen molar-refractivity contribution in [1.82, 2.24) is 0 Å². The van der Waals surface area contributed by atoms with Gasteiger partial charge in [0.2, 0.25) is 0 Å². The highest BCUT2D eigenvalue weighted by atomic mass is 28.4. The molecule has 0 aromatic heterocycles. The Hall–Kier alpha value is -0.856. The van der Waals surface area contributed by atoms with Crippen LogP contribution in [0.2, 0.25) is 32.2 Å². The van der Waals surface area contributed by atoms with Gasteiger partial charge in [-0.2, -0.15) is 0 Å². The highest BCUT2D eigenvalue weighted by Crippen LogP contribution is 2.21. The van der Waals surface area contributed by atoms with Gasteiger partial charge in [-0.05, 0) is 50.8 Å². The molecule has 3 nitrogen and oxygen atoms in total. The van der Waals surface area contributed by atoms with Crippen molar-refractivity contribution in [3.05, 3.63) is 24.0 Å². The van der Waals surface area contributed by atoms with Gasteiger partial charge in [-0.15, -0.1) is 0 Å². The molecule has 0 amide bonds. The van der Waals surface area contributed by atoms with Gasteiger partial charge >= 0.3 is 0 Å². The Morgan fingerprint density at radius 1 is 1.19 bits per heavy atom. The largest absolute Gasteiger partial charge is 0.505 e. The van der Waals surface area contributed by atoms with Crippen molar-refractivity contribution in [1.29, 1.82) is 0 Å². The van der Waals surface area contributed by atoms with E-state index >= 15 is 0 Å². The van der Waals surface area contributed by atoms with Gasteiger partial charge in [-0.25, -0.2) is 4.39 Å². The third-order valence-corrected chi connectivity index (χ3v) is 8.66. The Kier molecular flexibility index (Phi) is 7.41. The molecule has 120 valence electrons. The van der Waals surface area contributed by atoms with E-state index in [2.05, 4.69) is 26.2 Å². The number of ether oxygens (including phenoxy) is 1. The standard InChI is InChI=1S/C15H27FO3Si2/c1-20(19-21(2,3)4)11-7-5-6-10-18-13-8-9-15(17)14(16)12-13/h8-9,12,17,20H,5-7,10-11H2,1-4H3. The first-order valence-electron chi connectivity index (χ1n) is 7.57. The molecular weight excluding hydrogens is 303 g/mol. The molecule has 1 unspecified atom stereocenters. The second kappa shape index (κ2) is 8.55. The molecule has 0 aliphatic rings. The molecule has 0 aliphatic heterocycles. The van der Waals surface area contributed by atoms with Crippen molar-refractivity contribution in [2.45, 2.75) is 51.5 Å². The van der Waals surface area contributed by atoms with Gasteiger partial charge in [-0.3, -0.25) is 0 Å². The maximum atomic E-state index is 13.1. The average molecular weight is 331 g/mol. The van der Waals surface area contributed by atoms with Crippen molar-refractivity contribution < 1.29 is 18.3 Å². The molecular formula is C15H27FO3Si2. The van der Waals surface area contributed by atoms with Crippen molar-refractivity contribution in [3.63, 3.8) is 0 Å². The van der Waals surface area contributed by atoms with Gasteiger partial charge < -0.3 is 14.0 Å². The number of halogens is 1. The Balaban J connectivity index is 2.10. The summed E-state index contributed by atoms with van der Waals surface area (Å²) in [5, 5.41) is 9.08. The molecule has 1 aromatic rings. The second-order valence-corrected chi connectivity index (χ2v) is 13.7. The molecule has 0 spiro atoms. The first-order valence-corrected chi connectivity index (χ1v) is 13.4. The van der Waals surface area contributed by atoms with Crippen molar-refractivity contribution in [2.24, 2.45) is 0 Å². The highest BCUT2D eigenvalue weighted by Gasteiger charge is 2.18. The highest BCUT2D eigenvalue weighted by molar-refractivity contribution is 6.77. The van der Waals surface area contributed by atoms with Crippen molar-refractivity contribution in [2.75, 3.05) is 6.61 Å². The molecule has 1 rings (SSSR count). The summed E-state index contributed by atoms with van der Waals surface area (Å²) in [6.07, 6.45) is 3.23. The first-order chi connectivity index (χ1) is 9.78. The van der Waals surface area contributed by atoms with Crippen LogP contribution in [0.5, 0.6) is 11.5 Å². The SMILES string of the molecule is C[SiH](CCCCCOc1ccc(O)c(F)c1)O[Si](C)(C)C. The summed E-state index contributed by atoms with van der Waals surface area (Å²) in [4.78, 5) is 0. The van der Waals surface area contributed by atoms with Crippen LogP contribution in [-0.2, 0) is 4.12 Å². The van der Waals surface area contributed by atoms with Crippen LogP contribution in [0.4, 0.5) is 4.39 Å². The third kappa shape index (κ3) is 8.23. The van der Waals surface area contributed by atoms with E-state index in [0.717, 1.165) is 12.8 Å². The van der Waals surface area contributed by atoms with Crippen LogP contribution in [0.25, 0.3) is 0 Å². The molecule has 0 saturated heterocycles. The lowest BCUT2D eigenvalue weighted by molar-refractivity contribution is 0.303. The molecule has 1 aromatic carbocycles. The molecule has 21 heavy (non-hydrogen) atoms. The quantitative estimate of drug-likeness (QED) is 0.542. The minimum absolute atomic E-state index is 0.344. The van der Waals surface area contributed by atoms with E-state index in [1.165, 1.54) is 24.6 Å². The Bertz CT molecular complexity index is 435. The number of benzene rings is 1. The molecule has 0 radical (unpaired) electrons. The van der Waals surface area contributed by atoms with Crippen LogP contribution in [0.1, 0.15) is 19.3 Å². The van der Waals surface area contributed by atoms with Crippen molar-refractivity contribution in [3.8, 4) is 11.5 Å². The summed E-state index contributed by atoms with van der Waals surface area (Å²) in [5.74, 6) is -0.519. The average Bonchev–Trinajstić information content (AvgIpc) is 2.35. The van der Waals surface area contributed by atoms with Crippen LogP contribution in [-0.4, -0.2) is 29.1 Å². The number of unbranched alkanes of at least 4 members (excludes halogenated alkanes) is 2.